The molecule has 6 nitrogen and oxygen atoms in total. The number of benzene rings is 2. The zero-order valence-corrected chi connectivity index (χ0v) is 15.6. The summed E-state index contributed by atoms with van der Waals surface area (Å²) in [5.41, 5.74) is 4.22. The third kappa shape index (κ3) is 3.34. The van der Waals surface area contributed by atoms with Crippen molar-refractivity contribution >= 4 is 16.7 Å². The Morgan fingerprint density at radius 2 is 1.86 bits per heavy atom. The summed E-state index contributed by atoms with van der Waals surface area (Å²) in [7, 11) is 0. The highest BCUT2D eigenvalue weighted by Gasteiger charge is 2.12. The Morgan fingerprint density at radius 3 is 2.79 bits per heavy atom. The van der Waals surface area contributed by atoms with Gasteiger partial charge in [-0.25, -0.2) is 9.97 Å². The first-order valence-corrected chi connectivity index (χ1v) is 9.69. The van der Waals surface area contributed by atoms with Crippen LogP contribution in [0.5, 0.6) is 0 Å². The Morgan fingerprint density at radius 1 is 1.00 bits per heavy atom. The number of rotatable bonds is 4. The molecule has 0 fully saturated rings. The molecule has 1 aliphatic heterocycles. The predicted octanol–water partition coefficient (Wildman–Crippen LogP) is 3.60. The van der Waals surface area contributed by atoms with Crippen LogP contribution >= 0.6 is 0 Å². The summed E-state index contributed by atoms with van der Waals surface area (Å²) < 4.78 is 2.12. The van der Waals surface area contributed by atoms with E-state index in [-0.39, 0.29) is 0 Å². The fourth-order valence-electron chi connectivity index (χ4n) is 3.61. The number of aryl methyl sites for hydroxylation is 1. The SMILES string of the molecule is c1ccc(-c2nc(NCc3cc4n(n3)CCCNC4)c3ccccc3n2)cc1. The Bertz CT molecular complexity index is 1080. The lowest BCUT2D eigenvalue weighted by Gasteiger charge is -2.10. The number of hydrogen-bond acceptors (Lipinski definition) is 5. The van der Waals surface area contributed by atoms with E-state index in [1.807, 2.05) is 48.5 Å². The summed E-state index contributed by atoms with van der Waals surface area (Å²) in [6.45, 7) is 3.53. The number of nitrogens with zero attached hydrogens (tertiary/aromatic N) is 4. The molecule has 140 valence electrons. The molecule has 0 radical (unpaired) electrons. The molecule has 3 heterocycles. The lowest BCUT2D eigenvalue weighted by Crippen LogP contribution is -2.11. The molecule has 0 saturated heterocycles. The largest absolute Gasteiger partial charge is 0.364 e. The van der Waals surface area contributed by atoms with Gasteiger partial charge < -0.3 is 10.6 Å². The first-order chi connectivity index (χ1) is 13.9. The summed E-state index contributed by atoms with van der Waals surface area (Å²) in [5.74, 6) is 1.57. The third-order valence-electron chi connectivity index (χ3n) is 5.02. The topological polar surface area (TPSA) is 67.7 Å². The van der Waals surface area contributed by atoms with Crippen molar-refractivity contribution in [3.8, 4) is 11.4 Å². The van der Waals surface area contributed by atoms with Crippen molar-refractivity contribution in [3.05, 3.63) is 72.1 Å². The number of para-hydroxylation sites is 1. The summed E-state index contributed by atoms with van der Waals surface area (Å²) in [4.78, 5) is 9.56. The first kappa shape index (κ1) is 16.9. The quantitative estimate of drug-likeness (QED) is 0.575. The number of anilines is 1. The molecule has 0 saturated carbocycles. The van der Waals surface area contributed by atoms with Crippen LogP contribution in [0.15, 0.2) is 60.7 Å². The zero-order chi connectivity index (χ0) is 18.8. The lowest BCUT2D eigenvalue weighted by atomic mass is 10.2. The standard InChI is InChI=1S/C22H22N6/c1-2-7-16(8-3-1)21-25-20-10-5-4-9-19(20)22(26-21)24-14-17-13-18-15-23-11-6-12-28(18)27-17/h1-5,7-10,13,23H,6,11-12,14-15H2,(H,24,25,26). The average Bonchev–Trinajstić information content (AvgIpc) is 3.01. The highest BCUT2D eigenvalue weighted by atomic mass is 15.3. The van der Waals surface area contributed by atoms with Gasteiger partial charge in [-0.1, -0.05) is 42.5 Å². The fourth-order valence-corrected chi connectivity index (χ4v) is 3.61. The Labute approximate surface area is 163 Å². The number of aromatic nitrogens is 4. The highest BCUT2D eigenvalue weighted by Crippen LogP contribution is 2.25. The van der Waals surface area contributed by atoms with Gasteiger partial charge in [-0.15, -0.1) is 0 Å². The molecule has 5 rings (SSSR count). The second-order valence-electron chi connectivity index (χ2n) is 7.01. The van der Waals surface area contributed by atoms with Crippen LogP contribution in [0.25, 0.3) is 22.3 Å². The molecular weight excluding hydrogens is 348 g/mol. The van der Waals surface area contributed by atoms with Crippen LogP contribution < -0.4 is 10.6 Å². The van der Waals surface area contributed by atoms with E-state index in [4.69, 9.17) is 15.1 Å². The number of hydrogen-bond donors (Lipinski definition) is 2. The van der Waals surface area contributed by atoms with E-state index < -0.39 is 0 Å². The van der Waals surface area contributed by atoms with Gasteiger partial charge in [-0.2, -0.15) is 5.10 Å². The molecule has 1 aliphatic rings. The molecule has 2 aromatic carbocycles. The molecular formula is C22H22N6. The molecule has 28 heavy (non-hydrogen) atoms. The van der Waals surface area contributed by atoms with E-state index in [9.17, 15) is 0 Å². The van der Waals surface area contributed by atoms with E-state index in [0.717, 1.165) is 59.9 Å². The van der Waals surface area contributed by atoms with Crippen molar-refractivity contribution < 1.29 is 0 Å². The van der Waals surface area contributed by atoms with Crippen molar-refractivity contribution in [2.45, 2.75) is 26.1 Å². The van der Waals surface area contributed by atoms with Crippen LogP contribution in [0.1, 0.15) is 17.8 Å². The van der Waals surface area contributed by atoms with Gasteiger partial charge >= 0.3 is 0 Å². The van der Waals surface area contributed by atoms with E-state index in [2.05, 4.69) is 27.4 Å². The second kappa shape index (κ2) is 7.40. The summed E-state index contributed by atoms with van der Waals surface area (Å²) in [6.07, 6.45) is 1.11. The van der Waals surface area contributed by atoms with Crippen LogP contribution in [0.4, 0.5) is 5.82 Å². The minimum absolute atomic E-state index is 0.634. The monoisotopic (exact) mass is 370 g/mol. The molecule has 0 bridgehead atoms. The fraction of sp³-hybridized carbons (Fsp3) is 0.227. The highest BCUT2D eigenvalue weighted by molar-refractivity contribution is 5.90. The minimum atomic E-state index is 0.634. The maximum absolute atomic E-state index is 4.81. The van der Waals surface area contributed by atoms with Crippen molar-refractivity contribution in [2.24, 2.45) is 0 Å². The van der Waals surface area contributed by atoms with E-state index in [1.165, 1.54) is 5.69 Å². The summed E-state index contributed by atoms with van der Waals surface area (Å²) in [6, 6.07) is 20.4. The molecule has 0 spiro atoms. The Balaban J connectivity index is 1.46. The third-order valence-corrected chi connectivity index (χ3v) is 5.02. The minimum Gasteiger partial charge on any atom is -0.364 e. The van der Waals surface area contributed by atoms with Gasteiger partial charge in [-0.3, -0.25) is 4.68 Å². The van der Waals surface area contributed by atoms with E-state index >= 15 is 0 Å². The van der Waals surface area contributed by atoms with Crippen LogP contribution in [0, 0.1) is 0 Å². The second-order valence-corrected chi connectivity index (χ2v) is 7.01. The van der Waals surface area contributed by atoms with Crippen LogP contribution in [-0.2, 0) is 19.6 Å². The maximum atomic E-state index is 4.81. The van der Waals surface area contributed by atoms with Crippen molar-refractivity contribution in [1.82, 2.24) is 25.1 Å². The first-order valence-electron chi connectivity index (χ1n) is 9.69. The van der Waals surface area contributed by atoms with Crippen LogP contribution in [-0.4, -0.2) is 26.3 Å². The molecule has 2 aromatic heterocycles. The van der Waals surface area contributed by atoms with Gasteiger partial charge in [0.25, 0.3) is 0 Å². The van der Waals surface area contributed by atoms with Crippen molar-refractivity contribution in [3.63, 3.8) is 0 Å². The van der Waals surface area contributed by atoms with Gasteiger partial charge in [-0.05, 0) is 31.2 Å². The van der Waals surface area contributed by atoms with E-state index in [0.29, 0.717) is 6.54 Å². The number of nitrogens with one attached hydrogen (secondary N) is 2. The van der Waals surface area contributed by atoms with Gasteiger partial charge in [0.2, 0.25) is 0 Å². The molecule has 6 heteroatoms. The Kier molecular flexibility index (Phi) is 4.47. The van der Waals surface area contributed by atoms with Crippen LogP contribution in [0.2, 0.25) is 0 Å². The molecule has 0 amide bonds. The lowest BCUT2D eigenvalue weighted by molar-refractivity contribution is 0.581. The predicted molar refractivity (Wildman–Crippen MR) is 111 cm³/mol. The van der Waals surface area contributed by atoms with Gasteiger partial charge in [0, 0.05) is 24.0 Å². The van der Waals surface area contributed by atoms with Crippen molar-refractivity contribution in [2.75, 3.05) is 11.9 Å². The Hall–Kier alpha value is -3.25. The van der Waals surface area contributed by atoms with Gasteiger partial charge in [0.05, 0.1) is 23.4 Å². The number of fused-ring (bicyclic) bond motifs is 2. The smallest absolute Gasteiger partial charge is 0.162 e. The molecule has 0 aliphatic carbocycles. The molecule has 2 N–H and O–H groups in total. The van der Waals surface area contributed by atoms with Crippen LogP contribution in [0.3, 0.4) is 0 Å². The van der Waals surface area contributed by atoms with Crippen molar-refractivity contribution in [1.29, 1.82) is 0 Å². The zero-order valence-electron chi connectivity index (χ0n) is 15.6. The maximum Gasteiger partial charge on any atom is 0.162 e. The normalized spacial score (nSPS) is 13.9. The van der Waals surface area contributed by atoms with Gasteiger partial charge in [0.1, 0.15) is 5.82 Å². The summed E-state index contributed by atoms with van der Waals surface area (Å²) >= 11 is 0. The molecule has 4 aromatic rings. The molecule has 0 unspecified atom stereocenters. The molecule has 0 atom stereocenters. The summed E-state index contributed by atoms with van der Waals surface area (Å²) in [5, 5.41) is 12.7. The van der Waals surface area contributed by atoms with Gasteiger partial charge in [0.15, 0.2) is 5.82 Å². The van der Waals surface area contributed by atoms with E-state index in [1.54, 1.807) is 0 Å². The average molecular weight is 370 g/mol.